The zero-order valence-electron chi connectivity index (χ0n) is 24.6. The highest BCUT2D eigenvalue weighted by molar-refractivity contribution is 7.89. The van der Waals surface area contributed by atoms with E-state index in [1.54, 1.807) is 24.3 Å². The third-order valence-electron chi connectivity index (χ3n) is 8.67. The lowest BCUT2D eigenvalue weighted by Gasteiger charge is -2.12. The maximum atomic E-state index is 15.3. The third-order valence-corrected chi connectivity index (χ3v) is 10.2. The Morgan fingerprint density at radius 1 is 0.556 bits per heavy atom. The molecule has 4 aromatic carbocycles. The normalized spacial score (nSPS) is 14.9. The second-order valence-electron chi connectivity index (χ2n) is 11.7. The van der Waals surface area contributed by atoms with E-state index in [4.69, 9.17) is 0 Å². The second kappa shape index (κ2) is 12.6. The van der Waals surface area contributed by atoms with Crippen LogP contribution in [0.25, 0.3) is 22.3 Å². The fourth-order valence-corrected chi connectivity index (χ4v) is 8.06. The van der Waals surface area contributed by atoms with Crippen LogP contribution in [0.1, 0.15) is 83.0 Å². The van der Waals surface area contributed by atoms with Gasteiger partial charge in [0, 0.05) is 11.1 Å². The van der Waals surface area contributed by atoms with Crippen molar-refractivity contribution in [3.05, 3.63) is 141 Å². The van der Waals surface area contributed by atoms with Crippen molar-refractivity contribution >= 4 is 32.1 Å². The highest BCUT2D eigenvalue weighted by atomic mass is 32.2. The Labute approximate surface area is 262 Å². The Hall–Kier alpha value is -4.85. The number of sulfone groups is 1. The van der Waals surface area contributed by atoms with E-state index in [2.05, 4.69) is 12.1 Å². The fourth-order valence-electron chi connectivity index (χ4n) is 6.54. The maximum absolute atomic E-state index is 15.3. The molecule has 0 atom stereocenters. The number of hydrogen-bond donors (Lipinski definition) is 0. The first-order valence-electron chi connectivity index (χ1n) is 15.0. The molecule has 45 heavy (non-hydrogen) atoms. The lowest BCUT2D eigenvalue weighted by molar-refractivity contribution is 0.580. The van der Waals surface area contributed by atoms with Crippen LogP contribution in [0.3, 0.4) is 0 Å². The molecule has 0 unspecified atom stereocenters. The Bertz CT molecular complexity index is 1940. The summed E-state index contributed by atoms with van der Waals surface area (Å²) in [6, 6.07) is 28.3. The predicted molar refractivity (Wildman–Crippen MR) is 173 cm³/mol. The van der Waals surface area contributed by atoms with Gasteiger partial charge in [-0.25, -0.2) is 17.2 Å². The van der Waals surface area contributed by atoms with E-state index in [9.17, 15) is 18.9 Å². The number of allylic oxidation sites excluding steroid dienone is 4. The molecule has 0 saturated carbocycles. The van der Waals surface area contributed by atoms with Crippen LogP contribution in [0.4, 0.5) is 8.78 Å². The minimum Gasteiger partial charge on any atom is -0.228 e. The highest BCUT2D eigenvalue weighted by Crippen LogP contribution is 2.41. The van der Waals surface area contributed by atoms with Gasteiger partial charge in [0.1, 0.15) is 11.6 Å². The topological polar surface area (TPSA) is 81.7 Å². The molecular weight excluding hydrogens is 586 g/mol. The van der Waals surface area contributed by atoms with Gasteiger partial charge in [-0.1, -0.05) is 48.5 Å². The summed E-state index contributed by atoms with van der Waals surface area (Å²) in [5.41, 5.74) is 8.63. The molecule has 6 rings (SSSR count). The summed E-state index contributed by atoms with van der Waals surface area (Å²) in [7, 11) is -3.88. The second-order valence-corrected chi connectivity index (χ2v) is 13.7. The molecule has 2 aliphatic rings. The molecule has 4 nitrogen and oxygen atoms in total. The summed E-state index contributed by atoms with van der Waals surface area (Å²) in [6.45, 7) is 0. The van der Waals surface area contributed by atoms with Gasteiger partial charge in [-0.05, 0) is 119 Å². The Balaban J connectivity index is 1.20. The number of halogens is 2. The van der Waals surface area contributed by atoms with Gasteiger partial charge in [0.2, 0.25) is 0 Å². The monoisotopic (exact) mass is 616 g/mol. The van der Waals surface area contributed by atoms with E-state index in [1.807, 2.05) is 36.4 Å². The minimum atomic E-state index is -3.88. The van der Waals surface area contributed by atoms with Crippen molar-refractivity contribution in [3.8, 4) is 12.1 Å². The average Bonchev–Trinajstić information content (AvgIpc) is 3.74. The van der Waals surface area contributed by atoms with Gasteiger partial charge in [0.05, 0.1) is 34.8 Å². The largest absolute Gasteiger partial charge is 0.228 e. The van der Waals surface area contributed by atoms with Crippen LogP contribution in [0.2, 0.25) is 0 Å². The summed E-state index contributed by atoms with van der Waals surface area (Å²) in [5, 5.41) is 18.6. The van der Waals surface area contributed by atoms with Crippen molar-refractivity contribution in [2.45, 2.75) is 50.0 Å². The van der Waals surface area contributed by atoms with Crippen LogP contribution >= 0.6 is 0 Å². The van der Waals surface area contributed by atoms with Gasteiger partial charge in [-0.3, -0.25) is 0 Å². The fraction of sp³-hybridized carbons (Fsp3) is 0.211. The maximum Gasteiger partial charge on any atom is 0.158 e. The number of hydrogen-bond acceptors (Lipinski definition) is 4. The molecule has 4 aromatic rings. The molecule has 0 radical (unpaired) electrons. The number of benzene rings is 4. The molecule has 0 aromatic heterocycles. The van der Waals surface area contributed by atoms with Gasteiger partial charge in [-0.15, -0.1) is 0 Å². The molecule has 0 N–H and O–H groups in total. The van der Waals surface area contributed by atoms with E-state index in [-0.39, 0.29) is 11.1 Å². The van der Waals surface area contributed by atoms with E-state index < -0.39 is 33.0 Å². The Kier molecular flexibility index (Phi) is 8.48. The van der Waals surface area contributed by atoms with E-state index >= 15 is 8.78 Å². The highest BCUT2D eigenvalue weighted by Gasteiger charge is 2.23. The first-order valence-corrected chi connectivity index (χ1v) is 16.8. The summed E-state index contributed by atoms with van der Waals surface area (Å²) in [6.07, 6.45) is 5.00. The average molecular weight is 617 g/mol. The van der Waals surface area contributed by atoms with Crippen molar-refractivity contribution in [1.29, 1.82) is 10.5 Å². The summed E-state index contributed by atoms with van der Waals surface area (Å²) >= 11 is 0. The van der Waals surface area contributed by atoms with Crippen LogP contribution in [0, 0.1) is 34.3 Å². The van der Waals surface area contributed by atoms with Crippen molar-refractivity contribution in [3.63, 3.8) is 0 Å². The van der Waals surface area contributed by atoms with Crippen LogP contribution in [0.5, 0.6) is 0 Å². The van der Waals surface area contributed by atoms with E-state index in [1.165, 1.54) is 24.3 Å². The quantitative estimate of drug-likeness (QED) is 0.198. The molecule has 7 heteroatoms. The Morgan fingerprint density at radius 2 is 0.933 bits per heavy atom. The summed E-state index contributed by atoms with van der Waals surface area (Å²) in [4.78, 5) is 0. The van der Waals surface area contributed by atoms with Crippen LogP contribution in [-0.2, 0) is 21.3 Å². The molecule has 0 spiro atoms. The van der Waals surface area contributed by atoms with Gasteiger partial charge in [0.15, 0.2) is 9.84 Å². The van der Waals surface area contributed by atoms with E-state index in [0.29, 0.717) is 22.3 Å². The zero-order chi connectivity index (χ0) is 31.6. The van der Waals surface area contributed by atoms with Gasteiger partial charge in [-0.2, -0.15) is 10.5 Å². The summed E-state index contributed by atoms with van der Waals surface area (Å²) < 4.78 is 56.9. The van der Waals surface area contributed by atoms with Crippen LogP contribution < -0.4 is 0 Å². The van der Waals surface area contributed by atoms with E-state index in [0.717, 1.165) is 71.9 Å². The van der Waals surface area contributed by atoms with Crippen LogP contribution in [0.15, 0.2) is 84.9 Å². The molecule has 0 bridgehead atoms. The first kappa shape index (κ1) is 30.2. The van der Waals surface area contributed by atoms with Crippen molar-refractivity contribution in [2.24, 2.45) is 0 Å². The molecule has 0 heterocycles. The number of nitriles is 2. The van der Waals surface area contributed by atoms with Crippen molar-refractivity contribution in [1.82, 2.24) is 0 Å². The van der Waals surface area contributed by atoms with Gasteiger partial charge >= 0.3 is 0 Å². The molecular formula is C38H30F2N2O2S. The lowest BCUT2D eigenvalue weighted by Crippen LogP contribution is -2.10. The number of rotatable bonds is 8. The smallest absolute Gasteiger partial charge is 0.158 e. The van der Waals surface area contributed by atoms with Gasteiger partial charge < -0.3 is 0 Å². The molecule has 0 saturated heterocycles. The SMILES string of the molecule is N#Cc1cccc(C2=C(c3ccc(CS(=O)(=O)Cc4ccc(C5=C(c6cccc(C#N)c6)CCC5)cc4F)c(F)c3)CCC2)c1. The minimum absolute atomic E-state index is 0.0442. The third kappa shape index (κ3) is 6.50. The summed E-state index contributed by atoms with van der Waals surface area (Å²) in [5.74, 6) is -2.31. The molecule has 0 fully saturated rings. The van der Waals surface area contributed by atoms with Crippen LogP contribution in [-0.4, -0.2) is 8.42 Å². The predicted octanol–water partition coefficient (Wildman–Crippen LogP) is 9.01. The van der Waals surface area contributed by atoms with Crippen molar-refractivity contribution < 1.29 is 17.2 Å². The Morgan fingerprint density at radius 3 is 1.29 bits per heavy atom. The van der Waals surface area contributed by atoms with Gasteiger partial charge in [0.25, 0.3) is 0 Å². The standard InChI is InChI=1S/C38H30F2N2O2S/c39-37-19-29(35-11-3-9-33(35)27-7-1-5-25(17-27)21-41)13-15-31(37)23-45(43,44)24-32-16-14-30(20-38(32)40)36-12-4-10-34(36)28-8-2-6-26(18-28)22-42/h1-2,5-8,13-20H,3-4,9-12,23-24H2. The van der Waals surface area contributed by atoms with Crippen molar-refractivity contribution in [2.75, 3.05) is 0 Å². The molecule has 0 amide bonds. The molecule has 2 aliphatic carbocycles. The molecule has 224 valence electrons. The molecule has 0 aliphatic heterocycles. The first-order chi connectivity index (χ1) is 21.7. The number of nitrogens with zero attached hydrogens (tertiary/aromatic N) is 2. The zero-order valence-corrected chi connectivity index (χ0v) is 25.4. The lowest BCUT2D eigenvalue weighted by atomic mass is 9.95.